The fourth-order valence-corrected chi connectivity index (χ4v) is 9.89. The van der Waals surface area contributed by atoms with E-state index in [9.17, 15) is 0 Å². The van der Waals surface area contributed by atoms with Crippen LogP contribution in [0.2, 0.25) is 0 Å². The van der Waals surface area contributed by atoms with Crippen molar-refractivity contribution in [2.75, 3.05) is 4.90 Å². The lowest BCUT2D eigenvalue weighted by Gasteiger charge is -2.29. The molecule has 0 N–H and O–H groups in total. The van der Waals surface area contributed by atoms with Gasteiger partial charge in [0.2, 0.25) is 0 Å². The highest BCUT2D eigenvalue weighted by Gasteiger charge is 2.32. The predicted octanol–water partition coefficient (Wildman–Crippen LogP) is 15.7. The molecule has 0 unspecified atom stereocenters. The van der Waals surface area contributed by atoms with Gasteiger partial charge in [-0.2, -0.15) is 0 Å². The van der Waals surface area contributed by atoms with Crippen LogP contribution in [0.1, 0.15) is 0 Å². The lowest BCUT2D eigenvalue weighted by atomic mass is 9.97. The highest BCUT2D eigenvalue weighted by atomic mass is 16.3. The summed E-state index contributed by atoms with van der Waals surface area (Å²) in [6.07, 6.45) is 0. The first kappa shape index (κ1) is 33.7. The molecule has 0 aliphatic carbocycles. The second-order valence-electron chi connectivity index (χ2n) is 15.8. The third-order valence-electron chi connectivity index (χ3n) is 12.5. The first-order chi connectivity index (χ1) is 30.3. The van der Waals surface area contributed by atoms with Gasteiger partial charge in [-0.05, 0) is 65.5 Å². The smallest absolute Gasteiger partial charge is 0.143 e. The molecule has 0 spiro atoms. The Bertz CT molecular complexity index is 3740. The predicted molar refractivity (Wildman–Crippen MR) is 253 cm³/mol. The zero-order valence-corrected chi connectivity index (χ0v) is 33.0. The first-order valence-electron chi connectivity index (χ1n) is 20.8. The van der Waals surface area contributed by atoms with Crippen LogP contribution in [0.25, 0.3) is 105 Å². The summed E-state index contributed by atoms with van der Waals surface area (Å²) in [5, 5.41) is 6.91. The Balaban J connectivity index is 1.05. The van der Waals surface area contributed by atoms with Gasteiger partial charge in [0.25, 0.3) is 0 Å². The number of furan rings is 1. The number of aromatic nitrogens is 2. The Morgan fingerprint density at radius 2 is 1.05 bits per heavy atom. The Hall–Kier alpha value is -8.21. The molecule has 0 radical (unpaired) electrons. The van der Waals surface area contributed by atoms with Crippen LogP contribution in [-0.4, -0.2) is 9.55 Å². The van der Waals surface area contributed by atoms with Crippen molar-refractivity contribution in [3.63, 3.8) is 0 Å². The molecule has 0 fully saturated rings. The third-order valence-corrected chi connectivity index (χ3v) is 12.5. The van der Waals surface area contributed by atoms with Gasteiger partial charge >= 0.3 is 0 Å². The Morgan fingerprint density at radius 3 is 1.97 bits per heavy atom. The van der Waals surface area contributed by atoms with E-state index in [2.05, 4.69) is 216 Å². The number of rotatable bonds is 4. The van der Waals surface area contributed by atoms with Gasteiger partial charge in [-0.1, -0.05) is 158 Å². The van der Waals surface area contributed by atoms with Crippen LogP contribution in [-0.2, 0) is 0 Å². The zero-order chi connectivity index (χ0) is 40.0. The third kappa shape index (κ3) is 5.03. The summed E-state index contributed by atoms with van der Waals surface area (Å²) in [5.74, 6) is 0. The number of para-hydroxylation sites is 6. The van der Waals surface area contributed by atoms with Gasteiger partial charge in [-0.3, -0.25) is 0 Å². The molecule has 4 heteroatoms. The molecule has 4 nitrogen and oxygen atoms in total. The van der Waals surface area contributed by atoms with Crippen LogP contribution in [0, 0.1) is 0 Å². The highest BCUT2D eigenvalue weighted by Crippen LogP contribution is 2.55. The van der Waals surface area contributed by atoms with Crippen molar-refractivity contribution in [3.8, 4) is 50.5 Å². The molecule has 1 aliphatic rings. The summed E-state index contributed by atoms with van der Waals surface area (Å²) in [5.41, 5.74) is 17.3. The SMILES string of the molecule is c1cc(-c2cccc3c2oc2ccccc23)cc(-n2c3c(c4ccccc42)-c2ccccc2N(c2cccc4c(-c5ccc6ccccc6n5)cccc24)c2ccccc2-3)c1. The van der Waals surface area contributed by atoms with Crippen molar-refractivity contribution in [1.82, 2.24) is 9.55 Å². The molecule has 0 amide bonds. The molecule has 0 bridgehead atoms. The van der Waals surface area contributed by atoms with Crippen LogP contribution in [0.4, 0.5) is 17.1 Å². The lowest BCUT2D eigenvalue weighted by Crippen LogP contribution is -2.11. The molecule has 0 atom stereocenters. The zero-order valence-electron chi connectivity index (χ0n) is 33.0. The van der Waals surface area contributed by atoms with Crippen molar-refractivity contribution in [3.05, 3.63) is 212 Å². The molecular formula is C57H35N3O. The molecule has 1 aliphatic heterocycles. The van der Waals surface area contributed by atoms with Gasteiger partial charge in [-0.25, -0.2) is 4.98 Å². The highest BCUT2D eigenvalue weighted by molar-refractivity contribution is 6.15. The van der Waals surface area contributed by atoms with Gasteiger partial charge in [0.15, 0.2) is 0 Å². The van der Waals surface area contributed by atoms with E-state index in [4.69, 9.17) is 9.40 Å². The molecule has 0 saturated carbocycles. The van der Waals surface area contributed by atoms with Crippen LogP contribution in [0.15, 0.2) is 217 Å². The lowest BCUT2D eigenvalue weighted by molar-refractivity contribution is 0.670. The first-order valence-corrected chi connectivity index (χ1v) is 20.8. The largest absolute Gasteiger partial charge is 0.455 e. The minimum atomic E-state index is 0.899. The van der Waals surface area contributed by atoms with E-state index in [1.807, 2.05) is 6.07 Å². The standard InChI is InChI=1S/C57H35N3O/c1-6-27-48-36(15-1)33-34-49(58-48)41-24-13-25-42-40(41)23-14-31-50(42)60-52-29-8-3-20-46(52)55-45-19-2-7-28-51(45)59(56(55)47-21-4-9-30-53(47)60)38-17-11-16-37(35-38)39-22-12-26-44-43-18-5-10-32-54(43)61-57(39)44/h1-35H. The Labute approximate surface area is 351 Å². The van der Waals surface area contributed by atoms with Crippen molar-refractivity contribution in [2.45, 2.75) is 0 Å². The summed E-state index contributed by atoms with van der Waals surface area (Å²) < 4.78 is 9.02. The van der Waals surface area contributed by atoms with Gasteiger partial charge < -0.3 is 13.9 Å². The summed E-state index contributed by atoms with van der Waals surface area (Å²) in [6, 6.07) is 76.3. The van der Waals surface area contributed by atoms with Crippen LogP contribution in [0.3, 0.4) is 0 Å². The molecular weight excluding hydrogens is 743 g/mol. The quantitative estimate of drug-likeness (QED) is 0.178. The van der Waals surface area contributed by atoms with Crippen molar-refractivity contribution < 1.29 is 4.42 Å². The maximum Gasteiger partial charge on any atom is 0.143 e. The van der Waals surface area contributed by atoms with Crippen molar-refractivity contribution in [1.29, 1.82) is 0 Å². The summed E-state index contributed by atoms with van der Waals surface area (Å²) >= 11 is 0. The fraction of sp³-hybridized carbons (Fsp3) is 0. The summed E-state index contributed by atoms with van der Waals surface area (Å²) in [4.78, 5) is 7.62. The molecule has 284 valence electrons. The van der Waals surface area contributed by atoms with Crippen molar-refractivity contribution in [2.24, 2.45) is 0 Å². The number of fused-ring (bicyclic) bond motifs is 12. The van der Waals surface area contributed by atoms with Crippen LogP contribution in [0.5, 0.6) is 0 Å². The number of hydrogen-bond acceptors (Lipinski definition) is 3. The normalized spacial score (nSPS) is 12.2. The minimum absolute atomic E-state index is 0.899. The maximum absolute atomic E-state index is 6.55. The fourth-order valence-electron chi connectivity index (χ4n) is 9.89. The van der Waals surface area contributed by atoms with E-state index >= 15 is 0 Å². The topological polar surface area (TPSA) is 34.2 Å². The van der Waals surface area contributed by atoms with Gasteiger partial charge in [0, 0.05) is 60.4 Å². The maximum atomic E-state index is 6.55. The molecule has 3 aromatic heterocycles. The average Bonchev–Trinajstić information content (AvgIpc) is 3.84. The number of anilines is 3. The van der Waals surface area contributed by atoms with E-state index in [0.717, 1.165) is 106 Å². The molecule has 61 heavy (non-hydrogen) atoms. The van der Waals surface area contributed by atoms with Gasteiger partial charge in [0.1, 0.15) is 11.2 Å². The van der Waals surface area contributed by atoms with Gasteiger partial charge in [-0.15, -0.1) is 0 Å². The number of benzene rings is 9. The van der Waals surface area contributed by atoms with E-state index in [1.165, 1.54) is 16.5 Å². The van der Waals surface area contributed by atoms with Gasteiger partial charge in [0.05, 0.1) is 39.5 Å². The van der Waals surface area contributed by atoms with E-state index in [-0.39, 0.29) is 0 Å². The minimum Gasteiger partial charge on any atom is -0.455 e. The molecule has 13 rings (SSSR count). The number of hydrogen-bond donors (Lipinski definition) is 0. The van der Waals surface area contributed by atoms with Crippen LogP contribution < -0.4 is 4.90 Å². The van der Waals surface area contributed by atoms with Crippen molar-refractivity contribution >= 4 is 71.6 Å². The Morgan fingerprint density at radius 1 is 0.410 bits per heavy atom. The second kappa shape index (κ2) is 13.2. The van der Waals surface area contributed by atoms with E-state index in [1.54, 1.807) is 0 Å². The summed E-state index contributed by atoms with van der Waals surface area (Å²) in [6.45, 7) is 0. The Kier molecular flexibility index (Phi) is 7.27. The number of pyridine rings is 1. The molecule has 12 aromatic rings. The second-order valence-corrected chi connectivity index (χ2v) is 15.8. The van der Waals surface area contributed by atoms with Crippen LogP contribution >= 0.6 is 0 Å². The van der Waals surface area contributed by atoms with E-state index < -0.39 is 0 Å². The number of nitrogens with zero attached hydrogens (tertiary/aromatic N) is 3. The molecule has 0 saturated heterocycles. The molecule has 4 heterocycles. The monoisotopic (exact) mass is 777 g/mol. The molecule has 9 aromatic carbocycles. The summed E-state index contributed by atoms with van der Waals surface area (Å²) in [7, 11) is 0. The average molecular weight is 778 g/mol. The van der Waals surface area contributed by atoms with E-state index in [0.29, 0.717) is 0 Å².